The van der Waals surface area contributed by atoms with E-state index in [1.54, 1.807) is 4.57 Å². The maximum Gasteiger partial charge on any atom is 0.329 e. The van der Waals surface area contributed by atoms with Gasteiger partial charge in [0, 0.05) is 22.9 Å². The third kappa shape index (κ3) is 2.02. The molecule has 4 rings (SSSR count). The molecular weight excluding hydrogens is 342 g/mol. The average molecular weight is 360 g/mol. The first-order valence-electron chi connectivity index (χ1n) is 7.82. The molecule has 5 heteroatoms. The Morgan fingerprint density at radius 1 is 1.23 bits per heavy atom. The van der Waals surface area contributed by atoms with Crippen molar-refractivity contribution >= 4 is 37.9 Å². The van der Waals surface area contributed by atoms with Crippen LogP contribution in [0.3, 0.4) is 0 Å². The van der Waals surface area contributed by atoms with E-state index in [1.807, 2.05) is 29.9 Å². The topological polar surface area (TPSA) is 39.8 Å². The molecule has 114 valence electrons. The first kappa shape index (κ1) is 14.0. The quantitative estimate of drug-likeness (QED) is 0.654. The minimum Gasteiger partial charge on any atom is -0.293 e. The van der Waals surface area contributed by atoms with Crippen molar-refractivity contribution in [3.8, 4) is 0 Å². The van der Waals surface area contributed by atoms with Gasteiger partial charge in [-0.15, -0.1) is 0 Å². The van der Waals surface area contributed by atoms with Gasteiger partial charge < -0.3 is 0 Å². The molecule has 0 spiro atoms. The maximum absolute atomic E-state index is 12.8. The summed E-state index contributed by atoms with van der Waals surface area (Å²) in [4.78, 5) is 17.3. The van der Waals surface area contributed by atoms with Crippen molar-refractivity contribution in [1.82, 2.24) is 14.1 Å². The van der Waals surface area contributed by atoms with Gasteiger partial charge in [0.1, 0.15) is 0 Å². The molecule has 2 heterocycles. The Kier molecular flexibility index (Phi) is 3.33. The average Bonchev–Trinajstić information content (AvgIpc) is 2.80. The van der Waals surface area contributed by atoms with E-state index in [9.17, 15) is 4.79 Å². The van der Waals surface area contributed by atoms with Crippen molar-refractivity contribution in [3.63, 3.8) is 0 Å². The molecule has 3 aromatic rings. The Morgan fingerprint density at radius 3 is 2.77 bits per heavy atom. The molecule has 0 aliphatic heterocycles. The molecular formula is C17H18BrN3O. The Morgan fingerprint density at radius 2 is 2.00 bits per heavy atom. The number of fused-ring (bicyclic) bond motifs is 3. The van der Waals surface area contributed by atoms with E-state index in [0.29, 0.717) is 6.04 Å². The Hall–Kier alpha value is -1.62. The second-order valence-electron chi connectivity index (χ2n) is 6.16. The second kappa shape index (κ2) is 5.23. The molecule has 22 heavy (non-hydrogen) atoms. The van der Waals surface area contributed by atoms with E-state index in [0.717, 1.165) is 39.3 Å². The van der Waals surface area contributed by atoms with Crippen LogP contribution in [0, 0.1) is 0 Å². The molecule has 0 bridgehead atoms. The maximum atomic E-state index is 12.8. The van der Waals surface area contributed by atoms with Crippen LogP contribution in [0.25, 0.3) is 21.9 Å². The molecule has 0 amide bonds. The highest BCUT2D eigenvalue weighted by Crippen LogP contribution is 2.33. The van der Waals surface area contributed by atoms with Gasteiger partial charge in [0.15, 0.2) is 0 Å². The standard InChI is InChI=1S/C17H18BrN3O/c1-20-15-10-19-14-8-7-11(18)9-13(14)16(15)21(17(20)22)12-5-3-2-4-6-12/h7-10,12H,2-6H2,1H3. The SMILES string of the molecule is Cn1c(=O)n(C2CCCCC2)c2c3cc(Br)ccc3ncc21. The molecule has 0 unspecified atom stereocenters. The Balaban J connectivity index is 2.11. The molecule has 1 fully saturated rings. The van der Waals surface area contributed by atoms with Gasteiger partial charge in [-0.2, -0.15) is 0 Å². The third-order valence-electron chi connectivity index (χ3n) is 4.82. The van der Waals surface area contributed by atoms with E-state index < -0.39 is 0 Å². The highest BCUT2D eigenvalue weighted by atomic mass is 79.9. The summed E-state index contributed by atoms with van der Waals surface area (Å²) in [5, 5.41) is 1.05. The van der Waals surface area contributed by atoms with Crippen molar-refractivity contribution in [3.05, 3.63) is 39.4 Å². The van der Waals surface area contributed by atoms with E-state index in [4.69, 9.17) is 0 Å². The fourth-order valence-electron chi connectivity index (χ4n) is 3.68. The number of rotatable bonds is 1. The van der Waals surface area contributed by atoms with Gasteiger partial charge in [0.05, 0.1) is 22.7 Å². The number of hydrogen-bond donors (Lipinski definition) is 0. The van der Waals surface area contributed by atoms with Crippen molar-refractivity contribution in [1.29, 1.82) is 0 Å². The van der Waals surface area contributed by atoms with Crippen molar-refractivity contribution < 1.29 is 0 Å². The number of aryl methyl sites for hydroxylation is 1. The van der Waals surface area contributed by atoms with Crippen LogP contribution in [0.2, 0.25) is 0 Å². The summed E-state index contributed by atoms with van der Waals surface area (Å²) >= 11 is 3.54. The van der Waals surface area contributed by atoms with Gasteiger partial charge in [0.25, 0.3) is 0 Å². The number of halogens is 1. The summed E-state index contributed by atoms with van der Waals surface area (Å²) in [5.41, 5.74) is 2.97. The lowest BCUT2D eigenvalue weighted by Gasteiger charge is -2.23. The minimum absolute atomic E-state index is 0.0798. The molecule has 0 radical (unpaired) electrons. The molecule has 4 nitrogen and oxygen atoms in total. The number of nitrogens with zero attached hydrogens (tertiary/aromatic N) is 3. The zero-order valence-corrected chi connectivity index (χ0v) is 14.1. The number of benzene rings is 1. The first-order chi connectivity index (χ1) is 10.7. The van der Waals surface area contributed by atoms with Crippen molar-refractivity contribution in [2.24, 2.45) is 7.05 Å². The van der Waals surface area contributed by atoms with Crippen LogP contribution in [-0.4, -0.2) is 14.1 Å². The van der Waals surface area contributed by atoms with Gasteiger partial charge in [-0.05, 0) is 31.0 Å². The van der Waals surface area contributed by atoms with Crippen molar-refractivity contribution in [2.75, 3.05) is 0 Å². The monoisotopic (exact) mass is 359 g/mol. The van der Waals surface area contributed by atoms with E-state index >= 15 is 0 Å². The molecule has 0 N–H and O–H groups in total. The lowest BCUT2D eigenvalue weighted by Crippen LogP contribution is -2.27. The number of aromatic nitrogens is 3. The molecule has 2 aromatic heterocycles. The van der Waals surface area contributed by atoms with Crippen LogP contribution in [-0.2, 0) is 7.05 Å². The number of imidazole rings is 1. The summed E-state index contributed by atoms with van der Waals surface area (Å²) in [6.45, 7) is 0. The largest absolute Gasteiger partial charge is 0.329 e. The second-order valence-corrected chi connectivity index (χ2v) is 7.07. The van der Waals surface area contributed by atoms with Crippen molar-refractivity contribution in [2.45, 2.75) is 38.1 Å². The Bertz CT molecular complexity index is 919. The lowest BCUT2D eigenvalue weighted by molar-refractivity contribution is 0.351. The fourth-order valence-corrected chi connectivity index (χ4v) is 4.04. The predicted octanol–water partition coefficient (Wildman–Crippen LogP) is 4.16. The zero-order chi connectivity index (χ0) is 15.3. The third-order valence-corrected chi connectivity index (χ3v) is 5.31. The van der Waals surface area contributed by atoms with Gasteiger partial charge in [0.2, 0.25) is 0 Å². The van der Waals surface area contributed by atoms with Crippen LogP contribution in [0.5, 0.6) is 0 Å². The van der Waals surface area contributed by atoms with E-state index in [1.165, 1.54) is 19.3 Å². The molecule has 1 saturated carbocycles. The summed E-state index contributed by atoms with van der Waals surface area (Å²) in [7, 11) is 1.84. The fraction of sp³-hybridized carbons (Fsp3) is 0.412. The molecule has 1 aliphatic rings. The first-order valence-corrected chi connectivity index (χ1v) is 8.61. The van der Waals surface area contributed by atoms with E-state index in [2.05, 4.69) is 27.0 Å². The summed E-state index contributed by atoms with van der Waals surface area (Å²) < 4.78 is 4.77. The van der Waals surface area contributed by atoms with Gasteiger partial charge in [-0.3, -0.25) is 14.1 Å². The summed E-state index contributed by atoms with van der Waals surface area (Å²) in [6.07, 6.45) is 7.71. The normalized spacial score (nSPS) is 16.6. The summed E-state index contributed by atoms with van der Waals surface area (Å²) in [5.74, 6) is 0. The van der Waals surface area contributed by atoms with Crippen LogP contribution in [0.4, 0.5) is 0 Å². The molecule has 0 atom stereocenters. The smallest absolute Gasteiger partial charge is 0.293 e. The van der Waals surface area contributed by atoms with Crippen LogP contribution >= 0.6 is 15.9 Å². The highest BCUT2D eigenvalue weighted by molar-refractivity contribution is 9.10. The van der Waals surface area contributed by atoms with Crippen LogP contribution < -0.4 is 5.69 Å². The molecule has 1 aromatic carbocycles. The minimum atomic E-state index is 0.0798. The zero-order valence-electron chi connectivity index (χ0n) is 12.6. The van der Waals surface area contributed by atoms with Gasteiger partial charge in [-0.1, -0.05) is 35.2 Å². The molecule has 0 saturated heterocycles. The predicted molar refractivity (Wildman–Crippen MR) is 92.3 cm³/mol. The Labute approximate surface area is 136 Å². The van der Waals surface area contributed by atoms with Crippen LogP contribution in [0.15, 0.2) is 33.7 Å². The molecule has 1 aliphatic carbocycles. The van der Waals surface area contributed by atoms with Gasteiger partial charge in [-0.25, -0.2) is 4.79 Å². The van der Waals surface area contributed by atoms with Gasteiger partial charge >= 0.3 is 5.69 Å². The highest BCUT2D eigenvalue weighted by Gasteiger charge is 2.23. The number of pyridine rings is 1. The number of hydrogen-bond acceptors (Lipinski definition) is 2. The van der Waals surface area contributed by atoms with E-state index in [-0.39, 0.29) is 5.69 Å². The lowest BCUT2D eigenvalue weighted by atomic mass is 9.95. The summed E-state index contributed by atoms with van der Waals surface area (Å²) in [6, 6.07) is 6.38. The van der Waals surface area contributed by atoms with Crippen LogP contribution in [0.1, 0.15) is 38.1 Å².